The van der Waals surface area contributed by atoms with Crippen molar-refractivity contribution in [2.75, 3.05) is 5.75 Å². The van der Waals surface area contributed by atoms with Crippen LogP contribution in [0.4, 0.5) is 13.2 Å². The number of β-lactam (4-membered cyclic amide) rings is 1. The van der Waals surface area contributed by atoms with Crippen molar-refractivity contribution in [2.24, 2.45) is 0 Å². The zero-order chi connectivity index (χ0) is 21.6. The van der Waals surface area contributed by atoms with E-state index in [0.717, 1.165) is 0 Å². The Bertz CT molecular complexity index is 1000. The summed E-state index contributed by atoms with van der Waals surface area (Å²) < 4.78 is 67.3. The zero-order valence-electron chi connectivity index (χ0n) is 14.9. The van der Waals surface area contributed by atoms with Crippen LogP contribution < -0.4 is 5.32 Å². The monoisotopic (exact) mass is 432 g/mol. The SMILES string of the molecule is CC1=C(C(=O)OCc2ccccc2)N2C(=O)C(NC(=O)C(F)(F)F)C2S(=O)(=O)C1. The fraction of sp³-hybridized carbons (Fsp3) is 0.353. The van der Waals surface area contributed by atoms with Gasteiger partial charge >= 0.3 is 18.1 Å². The average Bonchev–Trinajstić information content (AvgIpc) is 2.63. The van der Waals surface area contributed by atoms with E-state index in [1.54, 1.807) is 30.3 Å². The van der Waals surface area contributed by atoms with Gasteiger partial charge in [0.05, 0.1) is 5.75 Å². The molecule has 29 heavy (non-hydrogen) atoms. The molecule has 1 fully saturated rings. The van der Waals surface area contributed by atoms with Gasteiger partial charge in [0.15, 0.2) is 15.2 Å². The highest BCUT2D eigenvalue weighted by molar-refractivity contribution is 7.92. The Balaban J connectivity index is 1.82. The van der Waals surface area contributed by atoms with Gasteiger partial charge in [-0.05, 0) is 18.1 Å². The second-order valence-corrected chi connectivity index (χ2v) is 8.64. The van der Waals surface area contributed by atoms with E-state index < -0.39 is 51.0 Å². The third kappa shape index (κ3) is 3.84. The largest absolute Gasteiger partial charge is 0.471 e. The molecule has 8 nitrogen and oxygen atoms in total. The van der Waals surface area contributed by atoms with Crippen molar-refractivity contribution in [1.82, 2.24) is 10.2 Å². The number of sulfone groups is 1. The molecule has 0 radical (unpaired) electrons. The van der Waals surface area contributed by atoms with E-state index >= 15 is 0 Å². The molecule has 0 aromatic heterocycles. The predicted molar refractivity (Wildman–Crippen MR) is 91.3 cm³/mol. The fourth-order valence-corrected chi connectivity index (χ4v) is 5.19. The number of ether oxygens (including phenoxy) is 1. The van der Waals surface area contributed by atoms with Gasteiger partial charge in [0, 0.05) is 0 Å². The highest BCUT2D eigenvalue weighted by atomic mass is 32.2. The Kier molecular flexibility index (Phi) is 5.15. The number of nitrogens with zero attached hydrogens (tertiary/aromatic N) is 1. The van der Waals surface area contributed by atoms with E-state index in [-0.39, 0.29) is 17.9 Å². The van der Waals surface area contributed by atoms with Crippen LogP contribution in [0.25, 0.3) is 0 Å². The van der Waals surface area contributed by atoms with E-state index in [9.17, 15) is 36.0 Å². The van der Waals surface area contributed by atoms with Crippen molar-refractivity contribution in [3.05, 3.63) is 47.2 Å². The van der Waals surface area contributed by atoms with E-state index in [4.69, 9.17) is 4.74 Å². The van der Waals surface area contributed by atoms with Crippen LogP contribution in [0.1, 0.15) is 12.5 Å². The second kappa shape index (κ2) is 7.17. The Morgan fingerprint density at radius 1 is 1.24 bits per heavy atom. The number of nitrogens with one attached hydrogen (secondary N) is 1. The molecule has 0 saturated carbocycles. The molecular formula is C17H15F3N2O6S. The van der Waals surface area contributed by atoms with Gasteiger partial charge in [-0.2, -0.15) is 13.2 Å². The molecular weight excluding hydrogens is 417 g/mol. The third-order valence-electron chi connectivity index (χ3n) is 4.42. The van der Waals surface area contributed by atoms with Crippen LogP contribution in [0.15, 0.2) is 41.6 Å². The lowest BCUT2D eigenvalue weighted by molar-refractivity contribution is -0.177. The Morgan fingerprint density at radius 2 is 1.86 bits per heavy atom. The van der Waals surface area contributed by atoms with Crippen molar-refractivity contribution in [3.8, 4) is 0 Å². The van der Waals surface area contributed by atoms with Gasteiger partial charge in [-0.3, -0.25) is 14.5 Å². The lowest BCUT2D eigenvalue weighted by atomic mass is 10.0. The summed E-state index contributed by atoms with van der Waals surface area (Å²) in [6.07, 6.45) is -5.29. The fourth-order valence-electron chi connectivity index (χ4n) is 3.15. The summed E-state index contributed by atoms with van der Waals surface area (Å²) in [6, 6.07) is 6.61. The van der Waals surface area contributed by atoms with Gasteiger partial charge in [0.25, 0.3) is 5.91 Å². The van der Waals surface area contributed by atoms with Crippen LogP contribution in [-0.4, -0.2) is 54.4 Å². The molecule has 0 aliphatic carbocycles. The Labute approximate surface area is 163 Å². The lowest BCUT2D eigenvalue weighted by Gasteiger charge is -2.49. The first-order chi connectivity index (χ1) is 13.4. The van der Waals surface area contributed by atoms with E-state index in [2.05, 4.69) is 0 Å². The van der Waals surface area contributed by atoms with Crippen LogP contribution in [-0.2, 0) is 35.6 Å². The van der Waals surface area contributed by atoms with Crippen LogP contribution >= 0.6 is 0 Å². The van der Waals surface area contributed by atoms with Crippen molar-refractivity contribution in [3.63, 3.8) is 0 Å². The molecule has 2 unspecified atom stereocenters. The number of alkyl halides is 3. The maximum Gasteiger partial charge on any atom is 0.471 e. The van der Waals surface area contributed by atoms with Crippen LogP contribution in [0.3, 0.4) is 0 Å². The maximum atomic E-state index is 12.5. The number of fused-ring (bicyclic) bond motifs is 1. The minimum absolute atomic E-state index is 0.0215. The molecule has 0 spiro atoms. The molecule has 2 amide bonds. The summed E-state index contributed by atoms with van der Waals surface area (Å²) >= 11 is 0. The molecule has 2 aliphatic heterocycles. The smallest absolute Gasteiger partial charge is 0.456 e. The molecule has 1 saturated heterocycles. The van der Waals surface area contributed by atoms with E-state index in [1.165, 1.54) is 12.2 Å². The molecule has 2 atom stereocenters. The van der Waals surface area contributed by atoms with Gasteiger partial charge in [-0.15, -0.1) is 0 Å². The molecule has 1 aromatic rings. The Hall–Kier alpha value is -2.89. The van der Waals surface area contributed by atoms with Gasteiger partial charge in [-0.1, -0.05) is 30.3 Å². The quantitative estimate of drug-likeness (QED) is 0.553. The first kappa shape index (κ1) is 20.8. The predicted octanol–water partition coefficient (Wildman–Crippen LogP) is 0.648. The molecule has 12 heteroatoms. The maximum absolute atomic E-state index is 12.5. The molecule has 156 valence electrons. The topological polar surface area (TPSA) is 110 Å². The van der Waals surface area contributed by atoms with E-state index in [0.29, 0.717) is 10.5 Å². The number of carbonyl (C=O) groups excluding carboxylic acids is 3. The number of rotatable bonds is 4. The molecule has 2 aliphatic rings. The summed E-state index contributed by atoms with van der Waals surface area (Å²) in [5.41, 5.74) is 0.320. The molecule has 1 aromatic carbocycles. The lowest BCUT2D eigenvalue weighted by Crippen LogP contribution is -2.75. The number of carbonyl (C=O) groups is 3. The van der Waals surface area contributed by atoms with Crippen molar-refractivity contribution >= 4 is 27.6 Å². The molecule has 3 rings (SSSR count). The highest BCUT2D eigenvalue weighted by Crippen LogP contribution is 2.37. The minimum Gasteiger partial charge on any atom is -0.456 e. The second-order valence-electron chi connectivity index (χ2n) is 6.55. The number of amides is 2. The van der Waals surface area contributed by atoms with Crippen LogP contribution in [0.2, 0.25) is 0 Å². The first-order valence-electron chi connectivity index (χ1n) is 8.26. The zero-order valence-corrected chi connectivity index (χ0v) is 15.7. The molecule has 1 N–H and O–H groups in total. The molecule has 0 bridgehead atoms. The number of halogens is 3. The number of hydrogen-bond acceptors (Lipinski definition) is 6. The van der Waals surface area contributed by atoms with Crippen molar-refractivity contribution < 1.29 is 40.7 Å². The number of benzene rings is 1. The summed E-state index contributed by atoms with van der Waals surface area (Å²) in [6.45, 7) is 1.16. The van der Waals surface area contributed by atoms with Gasteiger partial charge in [-0.25, -0.2) is 13.2 Å². The number of hydrogen-bond donors (Lipinski definition) is 1. The third-order valence-corrected chi connectivity index (χ3v) is 6.48. The van der Waals surface area contributed by atoms with Crippen LogP contribution in [0, 0.1) is 0 Å². The van der Waals surface area contributed by atoms with Crippen molar-refractivity contribution in [1.29, 1.82) is 0 Å². The van der Waals surface area contributed by atoms with Crippen molar-refractivity contribution in [2.45, 2.75) is 31.1 Å². The van der Waals surface area contributed by atoms with Crippen LogP contribution in [0.5, 0.6) is 0 Å². The normalized spacial score (nSPS) is 23.2. The van der Waals surface area contributed by atoms with Gasteiger partial charge in [0.1, 0.15) is 18.3 Å². The van der Waals surface area contributed by atoms with E-state index in [1.807, 2.05) is 0 Å². The summed E-state index contributed by atoms with van der Waals surface area (Å²) in [5.74, 6) is -5.22. The van der Waals surface area contributed by atoms with Gasteiger partial charge in [0.2, 0.25) is 0 Å². The van der Waals surface area contributed by atoms with Gasteiger partial charge < -0.3 is 10.1 Å². The number of esters is 1. The summed E-state index contributed by atoms with van der Waals surface area (Å²) in [4.78, 5) is 36.5. The standard InChI is InChI=1S/C17H15F3N2O6S/c1-9-8-29(26,27)14-11(21-16(25)17(18,19)20)13(23)22(14)12(9)15(24)28-7-10-5-3-2-4-6-10/h2-6,11,14H,7-8H2,1H3,(H,21,25). The summed E-state index contributed by atoms with van der Waals surface area (Å²) in [7, 11) is -4.12. The first-order valence-corrected chi connectivity index (χ1v) is 9.98. The molecule has 2 heterocycles. The Morgan fingerprint density at radius 3 is 2.45 bits per heavy atom. The summed E-state index contributed by atoms with van der Waals surface area (Å²) in [5, 5.41) is -0.418. The average molecular weight is 432 g/mol. The highest BCUT2D eigenvalue weighted by Gasteiger charge is 2.61. The minimum atomic E-state index is -5.29.